The molecule has 2 aliphatic rings. The van der Waals surface area contributed by atoms with Crippen molar-refractivity contribution in [3.63, 3.8) is 0 Å². The van der Waals surface area contributed by atoms with Crippen molar-refractivity contribution in [2.75, 3.05) is 0 Å². The quantitative estimate of drug-likeness (QED) is 0.468. The van der Waals surface area contributed by atoms with E-state index in [4.69, 9.17) is 5.73 Å². The molecule has 0 bridgehead atoms. The summed E-state index contributed by atoms with van der Waals surface area (Å²) in [4.78, 5) is 0. The largest absolute Gasteiger partial charge is 0.327 e. The summed E-state index contributed by atoms with van der Waals surface area (Å²) in [6, 6.07) is 0.473. The van der Waals surface area contributed by atoms with Gasteiger partial charge in [0.25, 0.3) is 0 Å². The van der Waals surface area contributed by atoms with E-state index >= 15 is 0 Å². The van der Waals surface area contributed by atoms with Crippen LogP contribution >= 0.6 is 0 Å². The average Bonchev–Trinajstić information content (AvgIpc) is 2.62. The lowest BCUT2D eigenvalue weighted by Gasteiger charge is -2.35. The minimum absolute atomic E-state index is 0.473. The molecule has 1 heteroatoms. The monoisotopic (exact) mass is 349 g/mol. The lowest BCUT2D eigenvalue weighted by Crippen LogP contribution is -2.37. The van der Waals surface area contributed by atoms with Gasteiger partial charge in [0.15, 0.2) is 0 Å². The van der Waals surface area contributed by atoms with Crippen molar-refractivity contribution in [3.8, 4) is 0 Å². The Bertz CT molecular complexity index is 346. The molecule has 6 atom stereocenters. The van der Waals surface area contributed by atoms with E-state index in [0.29, 0.717) is 6.04 Å². The molecule has 0 aliphatic heterocycles. The number of nitrogens with two attached hydrogens (primary N) is 1. The highest BCUT2D eigenvalue weighted by Crippen LogP contribution is 2.36. The molecule has 2 saturated carbocycles. The summed E-state index contributed by atoms with van der Waals surface area (Å²) in [5.41, 5.74) is 6.44. The molecule has 25 heavy (non-hydrogen) atoms. The summed E-state index contributed by atoms with van der Waals surface area (Å²) in [7, 11) is 0. The van der Waals surface area contributed by atoms with Crippen LogP contribution in [0.2, 0.25) is 0 Å². The van der Waals surface area contributed by atoms with Crippen LogP contribution in [-0.4, -0.2) is 6.04 Å². The zero-order chi connectivity index (χ0) is 18.2. The molecule has 148 valence electrons. The molecular weight excluding hydrogens is 302 g/mol. The second-order valence-corrected chi connectivity index (χ2v) is 10.1. The Morgan fingerprint density at radius 2 is 1.60 bits per heavy atom. The maximum atomic E-state index is 6.44. The summed E-state index contributed by atoms with van der Waals surface area (Å²) < 4.78 is 0. The second-order valence-electron chi connectivity index (χ2n) is 10.1. The minimum Gasteiger partial charge on any atom is -0.327 e. The Labute approximate surface area is 158 Å². The minimum atomic E-state index is 0.473. The maximum Gasteiger partial charge on any atom is 0.00674 e. The molecule has 1 nitrogen and oxygen atoms in total. The van der Waals surface area contributed by atoms with Gasteiger partial charge in [-0.2, -0.15) is 0 Å². The van der Waals surface area contributed by atoms with Gasteiger partial charge in [-0.25, -0.2) is 0 Å². The molecule has 2 rings (SSSR count). The molecule has 0 saturated heterocycles. The number of rotatable bonds is 9. The first-order valence-electron chi connectivity index (χ1n) is 11.7. The Morgan fingerprint density at radius 1 is 0.880 bits per heavy atom. The van der Waals surface area contributed by atoms with Gasteiger partial charge in [-0.1, -0.05) is 79.1 Å². The van der Waals surface area contributed by atoms with E-state index in [0.717, 1.165) is 35.5 Å². The normalized spacial score (nSPS) is 32.3. The molecule has 0 aromatic carbocycles. The third kappa shape index (κ3) is 7.24. The maximum absolute atomic E-state index is 6.44. The van der Waals surface area contributed by atoms with Crippen molar-refractivity contribution in [1.82, 2.24) is 0 Å². The third-order valence-corrected chi connectivity index (χ3v) is 7.95. The van der Waals surface area contributed by atoms with Crippen LogP contribution in [0.25, 0.3) is 0 Å². The average molecular weight is 350 g/mol. The molecule has 2 aliphatic carbocycles. The first-order valence-corrected chi connectivity index (χ1v) is 11.7. The molecule has 0 heterocycles. The zero-order valence-corrected chi connectivity index (χ0v) is 17.8. The topological polar surface area (TPSA) is 26.0 Å². The van der Waals surface area contributed by atoms with Gasteiger partial charge < -0.3 is 5.73 Å². The van der Waals surface area contributed by atoms with Crippen LogP contribution in [0.1, 0.15) is 111 Å². The highest BCUT2D eigenvalue weighted by atomic mass is 14.7. The fraction of sp³-hybridized carbons (Fsp3) is 1.00. The van der Waals surface area contributed by atoms with Crippen molar-refractivity contribution in [2.45, 2.75) is 117 Å². The van der Waals surface area contributed by atoms with Gasteiger partial charge in [0.2, 0.25) is 0 Å². The van der Waals surface area contributed by atoms with E-state index in [1.807, 2.05) is 0 Å². The lowest BCUT2D eigenvalue weighted by atomic mass is 9.72. The van der Waals surface area contributed by atoms with Crippen LogP contribution in [0.4, 0.5) is 0 Å². The van der Waals surface area contributed by atoms with E-state index in [2.05, 4.69) is 27.7 Å². The summed E-state index contributed by atoms with van der Waals surface area (Å²) in [6.45, 7) is 9.85. The summed E-state index contributed by atoms with van der Waals surface area (Å²) in [5, 5.41) is 0. The van der Waals surface area contributed by atoms with Gasteiger partial charge in [-0.3, -0.25) is 0 Å². The Hall–Kier alpha value is -0.0400. The first kappa shape index (κ1) is 21.3. The lowest BCUT2D eigenvalue weighted by molar-refractivity contribution is 0.182. The van der Waals surface area contributed by atoms with E-state index < -0.39 is 0 Å². The van der Waals surface area contributed by atoms with Gasteiger partial charge in [0.1, 0.15) is 0 Å². The SMILES string of the molecule is CCC(CCC(C)C(C)CC1CC(C)CCC1N)CC1CCCCC1. The fourth-order valence-corrected chi connectivity index (χ4v) is 5.67. The van der Waals surface area contributed by atoms with Crippen molar-refractivity contribution < 1.29 is 0 Å². The smallest absolute Gasteiger partial charge is 0.00674 e. The highest BCUT2D eigenvalue weighted by Gasteiger charge is 2.28. The summed E-state index contributed by atoms with van der Waals surface area (Å²) in [5.74, 6) is 5.42. The predicted octanol–water partition coefficient (Wildman–Crippen LogP) is 7.19. The Morgan fingerprint density at radius 3 is 2.28 bits per heavy atom. The van der Waals surface area contributed by atoms with Crippen molar-refractivity contribution in [3.05, 3.63) is 0 Å². The second kappa shape index (κ2) is 11.0. The van der Waals surface area contributed by atoms with Crippen molar-refractivity contribution >= 4 is 0 Å². The molecular formula is C24H47N. The Balaban J connectivity index is 1.70. The molecule has 0 aromatic rings. The molecule has 2 fully saturated rings. The summed E-state index contributed by atoms with van der Waals surface area (Å²) >= 11 is 0. The van der Waals surface area contributed by atoms with Crippen molar-refractivity contribution in [1.29, 1.82) is 0 Å². The van der Waals surface area contributed by atoms with Gasteiger partial charge >= 0.3 is 0 Å². The molecule has 0 spiro atoms. The zero-order valence-electron chi connectivity index (χ0n) is 17.8. The van der Waals surface area contributed by atoms with Crippen LogP contribution in [0, 0.1) is 35.5 Å². The number of hydrogen-bond acceptors (Lipinski definition) is 1. The van der Waals surface area contributed by atoms with E-state index in [9.17, 15) is 0 Å². The van der Waals surface area contributed by atoms with Crippen LogP contribution in [-0.2, 0) is 0 Å². The molecule has 0 aromatic heterocycles. The summed E-state index contributed by atoms with van der Waals surface area (Å²) in [6.07, 6.45) is 18.7. The van der Waals surface area contributed by atoms with E-state index in [1.165, 1.54) is 83.5 Å². The molecule has 6 unspecified atom stereocenters. The highest BCUT2D eigenvalue weighted by molar-refractivity contribution is 4.83. The van der Waals surface area contributed by atoms with Gasteiger partial charge in [-0.05, 0) is 67.6 Å². The van der Waals surface area contributed by atoms with Crippen molar-refractivity contribution in [2.24, 2.45) is 41.2 Å². The van der Waals surface area contributed by atoms with Gasteiger partial charge in [-0.15, -0.1) is 0 Å². The molecule has 0 amide bonds. The van der Waals surface area contributed by atoms with E-state index in [1.54, 1.807) is 0 Å². The van der Waals surface area contributed by atoms with Crippen LogP contribution in [0.3, 0.4) is 0 Å². The Kier molecular flexibility index (Phi) is 9.31. The van der Waals surface area contributed by atoms with Crippen LogP contribution in [0.15, 0.2) is 0 Å². The fourth-order valence-electron chi connectivity index (χ4n) is 5.67. The van der Waals surface area contributed by atoms with Crippen LogP contribution < -0.4 is 5.73 Å². The van der Waals surface area contributed by atoms with E-state index in [-0.39, 0.29) is 0 Å². The predicted molar refractivity (Wildman–Crippen MR) is 112 cm³/mol. The standard InChI is InChI=1S/C24H47N/c1-5-21(17-22-9-7-6-8-10-22)13-12-19(3)20(4)16-23-15-18(2)11-14-24(23)25/h18-24H,5-17,25H2,1-4H3. The first-order chi connectivity index (χ1) is 12.0. The third-order valence-electron chi connectivity index (χ3n) is 7.95. The van der Waals surface area contributed by atoms with Gasteiger partial charge in [0, 0.05) is 6.04 Å². The number of hydrogen-bond donors (Lipinski definition) is 1. The molecule has 2 N–H and O–H groups in total. The van der Waals surface area contributed by atoms with Crippen LogP contribution in [0.5, 0.6) is 0 Å². The van der Waals surface area contributed by atoms with Gasteiger partial charge in [0.05, 0.1) is 0 Å². The molecule has 0 radical (unpaired) electrons.